The zero-order valence-electron chi connectivity index (χ0n) is 10.9. The molecule has 0 radical (unpaired) electrons. The van der Waals surface area contributed by atoms with Gasteiger partial charge in [-0.25, -0.2) is 4.39 Å². The number of benzene rings is 1. The summed E-state index contributed by atoms with van der Waals surface area (Å²) in [6.45, 7) is 0.377. The Balaban J connectivity index is 1.79. The number of carbonyl (C=O) groups is 1. The van der Waals surface area contributed by atoms with Crippen molar-refractivity contribution in [3.05, 3.63) is 34.1 Å². The standard InChI is InChI=1S/C13H16FN3O3/c14-9-3-6-12(17(19)20)11(8-9)15-7-1-2-13(18)16-10-4-5-10/h3,6,8,10,15H,1-2,4-5,7H2,(H,16,18). The topological polar surface area (TPSA) is 84.3 Å². The van der Waals surface area contributed by atoms with Crippen LogP contribution in [0.15, 0.2) is 18.2 Å². The average molecular weight is 281 g/mol. The summed E-state index contributed by atoms with van der Waals surface area (Å²) < 4.78 is 13.1. The minimum atomic E-state index is -0.568. The van der Waals surface area contributed by atoms with Crippen molar-refractivity contribution in [3.8, 4) is 0 Å². The Kier molecular flexibility index (Phi) is 4.49. The molecule has 6 nitrogen and oxygen atoms in total. The number of anilines is 1. The van der Waals surface area contributed by atoms with Crippen molar-refractivity contribution in [2.45, 2.75) is 31.7 Å². The largest absolute Gasteiger partial charge is 0.379 e. The van der Waals surface area contributed by atoms with Gasteiger partial charge >= 0.3 is 0 Å². The van der Waals surface area contributed by atoms with Crippen LogP contribution in [0.1, 0.15) is 25.7 Å². The second-order valence-electron chi connectivity index (χ2n) is 4.79. The van der Waals surface area contributed by atoms with Crippen LogP contribution in [0.2, 0.25) is 0 Å². The van der Waals surface area contributed by atoms with Crippen molar-refractivity contribution in [2.24, 2.45) is 0 Å². The summed E-state index contributed by atoms with van der Waals surface area (Å²) in [6, 6.07) is 3.59. The number of rotatable bonds is 7. The number of halogens is 1. The summed E-state index contributed by atoms with van der Waals surface area (Å²) in [5.74, 6) is -0.549. The number of nitro groups is 1. The minimum absolute atomic E-state index is 0.0111. The molecule has 1 amide bonds. The molecule has 2 N–H and O–H groups in total. The van der Waals surface area contributed by atoms with Crippen molar-refractivity contribution in [1.82, 2.24) is 5.32 Å². The molecule has 1 aliphatic carbocycles. The number of nitrogens with one attached hydrogen (secondary N) is 2. The maximum Gasteiger partial charge on any atom is 0.292 e. The molecule has 0 aliphatic heterocycles. The van der Waals surface area contributed by atoms with Crippen LogP contribution >= 0.6 is 0 Å². The van der Waals surface area contributed by atoms with Gasteiger partial charge in [-0.05, 0) is 25.3 Å². The van der Waals surface area contributed by atoms with Crippen molar-refractivity contribution < 1.29 is 14.1 Å². The van der Waals surface area contributed by atoms with Gasteiger partial charge in [0.25, 0.3) is 5.69 Å². The van der Waals surface area contributed by atoms with Gasteiger partial charge < -0.3 is 10.6 Å². The van der Waals surface area contributed by atoms with Gasteiger partial charge in [0.2, 0.25) is 5.91 Å². The SMILES string of the molecule is O=C(CCCNc1cc(F)ccc1[N+](=O)[O-])NC1CC1. The van der Waals surface area contributed by atoms with Gasteiger partial charge in [0.1, 0.15) is 11.5 Å². The van der Waals surface area contributed by atoms with Gasteiger partial charge in [-0.2, -0.15) is 0 Å². The predicted molar refractivity (Wildman–Crippen MR) is 71.9 cm³/mol. The first kappa shape index (κ1) is 14.2. The zero-order valence-corrected chi connectivity index (χ0v) is 10.9. The van der Waals surface area contributed by atoms with Crippen LogP contribution in [0, 0.1) is 15.9 Å². The number of nitrogens with zero attached hydrogens (tertiary/aromatic N) is 1. The lowest BCUT2D eigenvalue weighted by Gasteiger charge is -2.07. The maximum absolute atomic E-state index is 13.1. The van der Waals surface area contributed by atoms with Crippen molar-refractivity contribution in [1.29, 1.82) is 0 Å². The summed E-state index contributed by atoms with van der Waals surface area (Å²) in [6.07, 6.45) is 2.97. The molecule has 0 unspecified atom stereocenters. The van der Waals surface area contributed by atoms with Gasteiger partial charge in [-0.15, -0.1) is 0 Å². The first-order valence-corrected chi connectivity index (χ1v) is 6.53. The second kappa shape index (κ2) is 6.31. The molecule has 1 aromatic rings. The normalized spacial score (nSPS) is 13.8. The summed E-state index contributed by atoms with van der Waals surface area (Å²) >= 11 is 0. The number of hydrogen-bond acceptors (Lipinski definition) is 4. The molecule has 1 saturated carbocycles. The smallest absolute Gasteiger partial charge is 0.292 e. The van der Waals surface area contributed by atoms with E-state index in [1.165, 1.54) is 0 Å². The molecule has 0 spiro atoms. The molecule has 0 saturated heterocycles. The molecular weight excluding hydrogens is 265 g/mol. The van der Waals surface area contributed by atoms with E-state index in [0.29, 0.717) is 25.4 Å². The van der Waals surface area contributed by atoms with E-state index in [9.17, 15) is 19.3 Å². The van der Waals surface area contributed by atoms with Crippen LogP contribution in [-0.4, -0.2) is 23.4 Å². The summed E-state index contributed by atoms with van der Waals surface area (Å²) in [5.41, 5.74) is -0.0357. The molecular formula is C13H16FN3O3. The average Bonchev–Trinajstić information content (AvgIpc) is 3.18. The van der Waals surface area contributed by atoms with E-state index in [2.05, 4.69) is 10.6 Å². The molecule has 1 fully saturated rings. The molecule has 20 heavy (non-hydrogen) atoms. The van der Waals surface area contributed by atoms with Crippen molar-refractivity contribution in [2.75, 3.05) is 11.9 Å². The van der Waals surface area contributed by atoms with Gasteiger partial charge in [-0.1, -0.05) is 0 Å². The highest BCUT2D eigenvalue weighted by Gasteiger charge is 2.22. The van der Waals surface area contributed by atoms with Gasteiger partial charge in [0, 0.05) is 31.1 Å². The fraction of sp³-hybridized carbons (Fsp3) is 0.462. The van der Waals surface area contributed by atoms with E-state index in [-0.39, 0.29) is 17.3 Å². The first-order valence-electron chi connectivity index (χ1n) is 6.53. The highest BCUT2D eigenvalue weighted by Crippen LogP contribution is 2.24. The van der Waals surface area contributed by atoms with Crippen LogP contribution in [0.3, 0.4) is 0 Å². The number of hydrogen-bond donors (Lipinski definition) is 2. The highest BCUT2D eigenvalue weighted by atomic mass is 19.1. The lowest BCUT2D eigenvalue weighted by molar-refractivity contribution is -0.384. The minimum Gasteiger partial charge on any atom is -0.379 e. The third-order valence-electron chi connectivity index (χ3n) is 2.99. The zero-order chi connectivity index (χ0) is 14.5. The van der Waals surface area contributed by atoms with Crippen LogP contribution in [0.25, 0.3) is 0 Å². The number of amides is 1. The summed E-state index contributed by atoms with van der Waals surface area (Å²) in [5, 5.41) is 16.4. The molecule has 1 aliphatic rings. The molecule has 7 heteroatoms. The summed E-state index contributed by atoms with van der Waals surface area (Å²) in [7, 11) is 0. The quantitative estimate of drug-likeness (QED) is 0.456. The Hall–Kier alpha value is -2.18. The third-order valence-corrected chi connectivity index (χ3v) is 2.99. The monoisotopic (exact) mass is 281 g/mol. The lowest BCUT2D eigenvalue weighted by Crippen LogP contribution is -2.25. The molecule has 0 bridgehead atoms. The maximum atomic E-state index is 13.1. The third kappa shape index (κ3) is 4.18. The predicted octanol–water partition coefficient (Wildman–Crippen LogP) is 2.20. The van der Waals surface area contributed by atoms with Crippen LogP contribution in [0.5, 0.6) is 0 Å². The van der Waals surface area contributed by atoms with E-state index in [1.807, 2.05) is 0 Å². The van der Waals surface area contributed by atoms with Crippen molar-refractivity contribution in [3.63, 3.8) is 0 Å². The Morgan fingerprint density at radius 3 is 2.85 bits per heavy atom. The Morgan fingerprint density at radius 2 is 2.20 bits per heavy atom. The molecule has 0 atom stereocenters. The molecule has 1 aromatic carbocycles. The molecule has 2 rings (SSSR count). The van der Waals surface area contributed by atoms with E-state index in [1.54, 1.807) is 0 Å². The summed E-state index contributed by atoms with van der Waals surface area (Å²) in [4.78, 5) is 21.6. The van der Waals surface area contributed by atoms with E-state index < -0.39 is 10.7 Å². The van der Waals surface area contributed by atoms with Crippen LogP contribution < -0.4 is 10.6 Å². The number of carbonyl (C=O) groups excluding carboxylic acids is 1. The fourth-order valence-electron chi connectivity index (χ4n) is 1.81. The van der Waals surface area contributed by atoms with E-state index >= 15 is 0 Å². The lowest BCUT2D eigenvalue weighted by atomic mass is 10.2. The second-order valence-corrected chi connectivity index (χ2v) is 4.79. The Labute approximate surface area is 115 Å². The van der Waals surface area contributed by atoms with Crippen LogP contribution in [-0.2, 0) is 4.79 Å². The highest BCUT2D eigenvalue weighted by molar-refractivity contribution is 5.76. The van der Waals surface area contributed by atoms with E-state index in [0.717, 1.165) is 31.0 Å². The first-order chi connectivity index (χ1) is 9.56. The van der Waals surface area contributed by atoms with E-state index in [4.69, 9.17) is 0 Å². The van der Waals surface area contributed by atoms with Gasteiger partial charge in [-0.3, -0.25) is 14.9 Å². The fourth-order valence-corrected chi connectivity index (χ4v) is 1.81. The molecule has 0 aromatic heterocycles. The Bertz CT molecular complexity index is 518. The van der Waals surface area contributed by atoms with Crippen molar-refractivity contribution >= 4 is 17.3 Å². The van der Waals surface area contributed by atoms with Gasteiger partial charge in [0.05, 0.1) is 4.92 Å². The van der Waals surface area contributed by atoms with Gasteiger partial charge in [0.15, 0.2) is 0 Å². The number of nitro benzene ring substituents is 1. The molecule has 108 valence electrons. The van der Waals surface area contributed by atoms with Crippen LogP contribution in [0.4, 0.5) is 15.8 Å². The molecule has 0 heterocycles. The Morgan fingerprint density at radius 1 is 1.45 bits per heavy atom.